The second kappa shape index (κ2) is 11.2. The Kier molecular flexibility index (Phi) is 8.21. The Morgan fingerprint density at radius 1 is 1.23 bits per heavy atom. The van der Waals surface area contributed by atoms with Crippen molar-refractivity contribution < 1.29 is 17.9 Å². The molecule has 1 amide bonds. The molecule has 1 unspecified atom stereocenters. The van der Waals surface area contributed by atoms with E-state index in [1.807, 2.05) is 24.3 Å². The maximum atomic E-state index is 13.1. The molecule has 1 fully saturated rings. The minimum absolute atomic E-state index is 0.00598. The van der Waals surface area contributed by atoms with Crippen molar-refractivity contribution in [3.8, 4) is 0 Å². The third-order valence-electron chi connectivity index (χ3n) is 6.09. The standard InChI is InChI=1S/C24H28Cl2N4O4S/c1-29(15-11-17-7-9-18(10-8-17)23-27-12-13-28-23)24(31)34-19-4-3-14-30(16-19)35(32,33)21-6-2-5-20(25)22(21)26/h2,5-10,19H,3-4,11-16H2,1H3,(H,27,28). The lowest BCUT2D eigenvalue weighted by Crippen LogP contribution is -2.45. The highest BCUT2D eigenvalue weighted by Gasteiger charge is 2.34. The third-order valence-corrected chi connectivity index (χ3v) is 8.93. The zero-order valence-corrected chi connectivity index (χ0v) is 21.7. The molecule has 0 saturated carbocycles. The van der Waals surface area contributed by atoms with Crippen molar-refractivity contribution in [1.29, 1.82) is 0 Å². The molecule has 2 aliphatic heterocycles. The summed E-state index contributed by atoms with van der Waals surface area (Å²) < 4.78 is 33.2. The third kappa shape index (κ3) is 6.09. The number of aliphatic imine (C=N–C) groups is 1. The summed E-state index contributed by atoms with van der Waals surface area (Å²) in [7, 11) is -2.18. The van der Waals surface area contributed by atoms with Gasteiger partial charge in [0.1, 0.15) is 16.8 Å². The molecule has 0 spiro atoms. The molecule has 11 heteroatoms. The zero-order valence-electron chi connectivity index (χ0n) is 19.4. The van der Waals surface area contributed by atoms with Crippen LogP contribution < -0.4 is 5.32 Å². The second-order valence-corrected chi connectivity index (χ2v) is 11.3. The summed E-state index contributed by atoms with van der Waals surface area (Å²) in [6.07, 6.45) is 0.825. The summed E-state index contributed by atoms with van der Waals surface area (Å²) in [5.74, 6) is 0.915. The molecule has 188 valence electrons. The fourth-order valence-corrected chi connectivity index (χ4v) is 6.33. The highest BCUT2D eigenvalue weighted by Crippen LogP contribution is 2.32. The number of carbonyl (C=O) groups excluding carboxylic acids is 1. The highest BCUT2D eigenvalue weighted by molar-refractivity contribution is 7.89. The SMILES string of the molecule is CN(CCc1ccc(C2=NCCN2)cc1)C(=O)OC1CCCN(S(=O)(=O)c2cccc(Cl)c2Cl)C1. The van der Waals surface area contributed by atoms with Gasteiger partial charge < -0.3 is 15.0 Å². The van der Waals surface area contributed by atoms with E-state index in [9.17, 15) is 13.2 Å². The first-order valence-electron chi connectivity index (χ1n) is 11.5. The van der Waals surface area contributed by atoms with Crippen LogP contribution in [0.3, 0.4) is 0 Å². The summed E-state index contributed by atoms with van der Waals surface area (Å²) in [5.41, 5.74) is 2.15. The number of rotatable bonds is 7. The number of likely N-dealkylation sites (N-methyl/N-ethyl adjacent to an activating group) is 1. The number of halogens is 2. The molecule has 2 aliphatic rings. The summed E-state index contributed by atoms with van der Waals surface area (Å²) in [6.45, 7) is 2.54. The van der Waals surface area contributed by atoms with E-state index in [0.717, 1.165) is 30.1 Å². The molecule has 0 bridgehead atoms. The van der Waals surface area contributed by atoms with Crippen LogP contribution in [0.4, 0.5) is 4.79 Å². The van der Waals surface area contributed by atoms with Gasteiger partial charge in [0.05, 0.1) is 23.1 Å². The molecule has 0 radical (unpaired) electrons. The average Bonchev–Trinajstić information content (AvgIpc) is 3.39. The number of amidine groups is 1. The molecule has 4 rings (SSSR count). The van der Waals surface area contributed by atoms with Gasteiger partial charge in [-0.05, 0) is 37.0 Å². The van der Waals surface area contributed by atoms with Gasteiger partial charge in [-0.3, -0.25) is 4.99 Å². The van der Waals surface area contributed by atoms with E-state index in [2.05, 4.69) is 10.3 Å². The molecule has 0 aromatic heterocycles. The van der Waals surface area contributed by atoms with E-state index in [1.54, 1.807) is 13.1 Å². The van der Waals surface area contributed by atoms with Crippen LogP contribution in [-0.2, 0) is 21.2 Å². The second-order valence-electron chi connectivity index (χ2n) is 8.59. The predicted octanol–water partition coefficient (Wildman–Crippen LogP) is 3.81. The smallest absolute Gasteiger partial charge is 0.409 e. The van der Waals surface area contributed by atoms with Gasteiger partial charge in [0, 0.05) is 32.2 Å². The zero-order chi connectivity index (χ0) is 25.0. The van der Waals surface area contributed by atoms with Gasteiger partial charge in [-0.2, -0.15) is 4.31 Å². The fraction of sp³-hybridized carbons (Fsp3) is 0.417. The fourth-order valence-electron chi connectivity index (χ4n) is 4.08. The monoisotopic (exact) mass is 538 g/mol. The van der Waals surface area contributed by atoms with Gasteiger partial charge in [-0.15, -0.1) is 0 Å². The van der Waals surface area contributed by atoms with Gasteiger partial charge in [-0.25, -0.2) is 13.2 Å². The van der Waals surface area contributed by atoms with Crippen LogP contribution in [0.15, 0.2) is 52.4 Å². The van der Waals surface area contributed by atoms with Crippen molar-refractivity contribution in [2.24, 2.45) is 4.99 Å². The van der Waals surface area contributed by atoms with Gasteiger partial charge in [0.2, 0.25) is 10.0 Å². The van der Waals surface area contributed by atoms with Crippen LogP contribution in [0.2, 0.25) is 10.0 Å². The summed E-state index contributed by atoms with van der Waals surface area (Å²) in [4.78, 5) is 18.5. The Hall–Kier alpha value is -2.33. The quantitative estimate of drug-likeness (QED) is 0.578. The Balaban J connectivity index is 1.30. The van der Waals surface area contributed by atoms with E-state index >= 15 is 0 Å². The lowest BCUT2D eigenvalue weighted by Gasteiger charge is -2.32. The lowest BCUT2D eigenvalue weighted by molar-refractivity contribution is 0.0431. The molecule has 8 nitrogen and oxygen atoms in total. The van der Waals surface area contributed by atoms with Gasteiger partial charge in [0.15, 0.2) is 0 Å². The van der Waals surface area contributed by atoms with E-state index in [0.29, 0.717) is 32.4 Å². The highest BCUT2D eigenvalue weighted by atomic mass is 35.5. The average molecular weight is 539 g/mol. The van der Waals surface area contributed by atoms with Crippen molar-refractivity contribution >= 4 is 45.2 Å². The molecular weight excluding hydrogens is 511 g/mol. The first kappa shape index (κ1) is 25.8. The van der Waals surface area contributed by atoms with Crippen molar-refractivity contribution in [3.05, 3.63) is 63.6 Å². The molecule has 35 heavy (non-hydrogen) atoms. The first-order chi connectivity index (χ1) is 16.8. The first-order valence-corrected chi connectivity index (χ1v) is 13.7. The van der Waals surface area contributed by atoms with Crippen molar-refractivity contribution in [3.63, 3.8) is 0 Å². The molecule has 1 atom stereocenters. The number of nitrogens with one attached hydrogen (secondary N) is 1. The van der Waals surface area contributed by atoms with Crippen molar-refractivity contribution in [1.82, 2.24) is 14.5 Å². The Bertz CT molecular complexity index is 1200. The Labute approximate surface area is 215 Å². The minimum atomic E-state index is -3.86. The molecule has 1 saturated heterocycles. The number of piperidine rings is 1. The molecular formula is C24H28Cl2N4O4S. The number of carbonyl (C=O) groups is 1. The van der Waals surface area contributed by atoms with Gasteiger partial charge in [0.25, 0.3) is 0 Å². The normalized spacial score (nSPS) is 18.6. The minimum Gasteiger partial charge on any atom is -0.445 e. The maximum Gasteiger partial charge on any atom is 0.409 e. The number of nitrogens with zero attached hydrogens (tertiary/aromatic N) is 3. The van der Waals surface area contributed by atoms with Crippen molar-refractivity contribution in [2.45, 2.75) is 30.3 Å². The maximum absolute atomic E-state index is 13.1. The van der Waals surface area contributed by atoms with E-state index in [-0.39, 0.29) is 21.5 Å². The van der Waals surface area contributed by atoms with Crippen LogP contribution in [0.1, 0.15) is 24.0 Å². The number of benzene rings is 2. The summed E-state index contributed by atoms with van der Waals surface area (Å²) >= 11 is 12.2. The van der Waals surface area contributed by atoms with Gasteiger partial charge in [-0.1, -0.05) is 53.5 Å². The molecule has 2 aromatic rings. The predicted molar refractivity (Wildman–Crippen MR) is 137 cm³/mol. The summed E-state index contributed by atoms with van der Waals surface area (Å²) in [5, 5.41) is 3.42. The van der Waals surface area contributed by atoms with E-state index < -0.39 is 22.2 Å². The Morgan fingerprint density at radius 2 is 2.00 bits per heavy atom. The Morgan fingerprint density at radius 3 is 2.71 bits per heavy atom. The number of ether oxygens (including phenoxy) is 1. The van der Waals surface area contributed by atoms with Crippen LogP contribution in [0.5, 0.6) is 0 Å². The summed E-state index contributed by atoms with van der Waals surface area (Å²) in [6, 6.07) is 12.6. The van der Waals surface area contributed by atoms with Gasteiger partial charge >= 0.3 is 6.09 Å². The topological polar surface area (TPSA) is 91.3 Å². The largest absolute Gasteiger partial charge is 0.445 e. The van der Waals surface area contributed by atoms with E-state index in [4.69, 9.17) is 27.9 Å². The van der Waals surface area contributed by atoms with Crippen LogP contribution in [0.25, 0.3) is 0 Å². The van der Waals surface area contributed by atoms with Crippen LogP contribution in [0, 0.1) is 0 Å². The number of hydrogen-bond acceptors (Lipinski definition) is 6. The molecule has 1 N–H and O–H groups in total. The van der Waals surface area contributed by atoms with Crippen LogP contribution >= 0.6 is 23.2 Å². The van der Waals surface area contributed by atoms with Crippen molar-refractivity contribution in [2.75, 3.05) is 39.8 Å². The lowest BCUT2D eigenvalue weighted by atomic mass is 10.1. The number of amides is 1. The molecule has 0 aliphatic carbocycles. The molecule has 2 aromatic carbocycles. The number of sulfonamides is 1. The molecule has 2 heterocycles. The van der Waals surface area contributed by atoms with Crippen LogP contribution in [-0.4, -0.2) is 75.4 Å². The number of hydrogen-bond donors (Lipinski definition) is 1. The van der Waals surface area contributed by atoms with E-state index in [1.165, 1.54) is 21.3 Å².